The summed E-state index contributed by atoms with van der Waals surface area (Å²) in [6.07, 6.45) is 7.29. The Morgan fingerprint density at radius 2 is 2.08 bits per heavy atom. The van der Waals surface area contributed by atoms with Gasteiger partial charge in [-0.15, -0.1) is 11.3 Å². The molecule has 0 spiro atoms. The Balaban J connectivity index is 1.29. The highest BCUT2D eigenvalue weighted by Gasteiger charge is 2.21. The maximum atomic E-state index is 12.4. The van der Waals surface area contributed by atoms with Crippen LogP contribution in [0.1, 0.15) is 22.6 Å². The molecule has 0 radical (unpaired) electrons. The van der Waals surface area contributed by atoms with Crippen LogP contribution in [0.2, 0.25) is 0 Å². The Hall–Kier alpha value is -2.54. The van der Waals surface area contributed by atoms with Gasteiger partial charge in [0.15, 0.2) is 5.01 Å². The average molecular weight is 353 g/mol. The molecule has 0 saturated carbocycles. The highest BCUT2D eigenvalue weighted by atomic mass is 32.1. The fourth-order valence-corrected chi connectivity index (χ4v) is 3.98. The second-order valence-electron chi connectivity index (χ2n) is 6.19. The first kappa shape index (κ1) is 16.0. The van der Waals surface area contributed by atoms with E-state index >= 15 is 0 Å². The third-order valence-corrected chi connectivity index (χ3v) is 5.56. The first-order valence-electron chi connectivity index (χ1n) is 8.44. The lowest BCUT2D eigenvalue weighted by atomic mass is 9.97. The van der Waals surface area contributed by atoms with Crippen molar-refractivity contribution in [2.45, 2.75) is 12.8 Å². The van der Waals surface area contributed by atoms with Crippen molar-refractivity contribution in [1.29, 1.82) is 0 Å². The van der Waals surface area contributed by atoms with E-state index in [1.807, 2.05) is 24.3 Å². The number of hydrogen-bond acceptors (Lipinski definition) is 6. The molecule has 7 heteroatoms. The molecule has 3 aromatic rings. The molecule has 4 rings (SSSR count). The van der Waals surface area contributed by atoms with Gasteiger partial charge in [-0.05, 0) is 30.9 Å². The summed E-state index contributed by atoms with van der Waals surface area (Å²) in [6, 6.07) is 7.83. The predicted octanol–water partition coefficient (Wildman–Crippen LogP) is 2.73. The summed E-state index contributed by atoms with van der Waals surface area (Å²) in [6.45, 7) is 2.59. The summed E-state index contributed by atoms with van der Waals surface area (Å²) in [5.41, 5.74) is 0.884. The molecule has 1 saturated heterocycles. The first-order chi connectivity index (χ1) is 12.3. The number of aromatic nitrogens is 3. The molecule has 128 valence electrons. The van der Waals surface area contributed by atoms with Gasteiger partial charge in [-0.3, -0.25) is 9.78 Å². The van der Waals surface area contributed by atoms with Crippen molar-refractivity contribution in [2.24, 2.45) is 5.92 Å². The smallest absolute Gasteiger partial charge is 0.280 e. The van der Waals surface area contributed by atoms with Crippen molar-refractivity contribution in [3.8, 4) is 0 Å². The van der Waals surface area contributed by atoms with Crippen LogP contribution in [0.15, 0.2) is 42.9 Å². The van der Waals surface area contributed by atoms with Gasteiger partial charge in [0.05, 0.1) is 16.4 Å². The molecule has 1 amide bonds. The first-order valence-corrected chi connectivity index (χ1v) is 9.26. The number of carbonyl (C=O) groups excluding carboxylic acids is 1. The van der Waals surface area contributed by atoms with Gasteiger partial charge in [0.1, 0.15) is 5.82 Å². The van der Waals surface area contributed by atoms with Crippen LogP contribution >= 0.6 is 11.3 Å². The largest absolute Gasteiger partial charge is 0.355 e. The van der Waals surface area contributed by atoms with Crippen LogP contribution in [0.3, 0.4) is 0 Å². The summed E-state index contributed by atoms with van der Waals surface area (Å²) in [7, 11) is 0. The van der Waals surface area contributed by atoms with Gasteiger partial charge in [-0.25, -0.2) is 9.97 Å². The van der Waals surface area contributed by atoms with Gasteiger partial charge in [0.25, 0.3) is 5.91 Å². The number of nitrogens with one attached hydrogen (secondary N) is 1. The lowest BCUT2D eigenvalue weighted by Gasteiger charge is -2.32. The van der Waals surface area contributed by atoms with Gasteiger partial charge in [0.2, 0.25) is 0 Å². The summed E-state index contributed by atoms with van der Waals surface area (Å²) < 4.78 is 1.05. The SMILES string of the molecule is O=C(NCC1CCN(c2cnccn2)CC1)c1nc2ccccc2s1. The molecule has 6 nitrogen and oxygen atoms in total. The van der Waals surface area contributed by atoms with E-state index in [-0.39, 0.29) is 5.91 Å². The zero-order chi connectivity index (χ0) is 17.1. The standard InChI is InChI=1S/C18H19N5OS/c24-17(18-22-14-3-1-2-4-15(14)25-18)21-11-13-5-9-23(10-6-13)16-12-19-7-8-20-16/h1-4,7-8,12-13H,5-6,9-11H2,(H,21,24). The normalized spacial score (nSPS) is 15.4. The number of amides is 1. The Labute approximate surface area is 149 Å². The Morgan fingerprint density at radius 3 is 2.84 bits per heavy atom. The molecule has 0 bridgehead atoms. The predicted molar refractivity (Wildman–Crippen MR) is 98.9 cm³/mol. The van der Waals surface area contributed by atoms with Crippen molar-refractivity contribution in [2.75, 3.05) is 24.5 Å². The van der Waals surface area contributed by atoms with Gasteiger partial charge in [-0.2, -0.15) is 0 Å². The number of fused-ring (bicyclic) bond motifs is 1. The monoisotopic (exact) mass is 353 g/mol. The molecule has 1 aliphatic heterocycles. The van der Waals surface area contributed by atoms with Crippen LogP contribution < -0.4 is 10.2 Å². The summed E-state index contributed by atoms with van der Waals surface area (Å²) in [5.74, 6) is 1.35. The second kappa shape index (κ2) is 7.14. The van der Waals surface area contributed by atoms with E-state index in [9.17, 15) is 4.79 Å². The van der Waals surface area contributed by atoms with Gasteiger partial charge < -0.3 is 10.2 Å². The highest BCUT2D eigenvalue weighted by Crippen LogP contribution is 2.23. The molecule has 0 aliphatic carbocycles. The Kier molecular flexibility index (Phi) is 4.56. The molecule has 2 aromatic heterocycles. The molecule has 1 aliphatic rings. The van der Waals surface area contributed by atoms with E-state index in [2.05, 4.69) is 25.2 Å². The number of anilines is 1. The molecule has 25 heavy (non-hydrogen) atoms. The fraction of sp³-hybridized carbons (Fsp3) is 0.333. The van der Waals surface area contributed by atoms with Gasteiger partial charge >= 0.3 is 0 Å². The molecule has 0 unspecified atom stereocenters. The topological polar surface area (TPSA) is 71.0 Å². The van der Waals surface area contributed by atoms with Crippen molar-refractivity contribution in [1.82, 2.24) is 20.3 Å². The van der Waals surface area contributed by atoms with Crippen LogP contribution in [0.5, 0.6) is 0 Å². The molecular weight excluding hydrogens is 334 g/mol. The van der Waals surface area contributed by atoms with Crippen molar-refractivity contribution >= 4 is 33.3 Å². The van der Waals surface area contributed by atoms with Crippen LogP contribution in [-0.4, -0.2) is 40.5 Å². The van der Waals surface area contributed by atoms with E-state index in [4.69, 9.17) is 0 Å². The van der Waals surface area contributed by atoms with E-state index in [1.165, 1.54) is 11.3 Å². The van der Waals surface area contributed by atoms with Crippen LogP contribution in [-0.2, 0) is 0 Å². The number of carbonyl (C=O) groups is 1. The zero-order valence-corrected chi connectivity index (χ0v) is 14.6. The van der Waals surface area contributed by atoms with E-state index in [1.54, 1.807) is 18.6 Å². The summed E-state index contributed by atoms with van der Waals surface area (Å²) in [4.78, 5) is 27.5. The Bertz CT molecular complexity index is 825. The van der Waals surface area contributed by atoms with Crippen LogP contribution in [0, 0.1) is 5.92 Å². The number of para-hydroxylation sites is 1. The molecular formula is C18H19N5OS. The summed E-state index contributed by atoms with van der Waals surface area (Å²) >= 11 is 1.44. The molecule has 3 heterocycles. The van der Waals surface area contributed by atoms with Crippen LogP contribution in [0.4, 0.5) is 5.82 Å². The average Bonchev–Trinajstić information content (AvgIpc) is 3.11. The van der Waals surface area contributed by atoms with Crippen molar-refractivity contribution in [3.63, 3.8) is 0 Å². The van der Waals surface area contributed by atoms with Crippen molar-refractivity contribution in [3.05, 3.63) is 47.9 Å². The van der Waals surface area contributed by atoms with E-state index in [0.717, 1.165) is 42.0 Å². The summed E-state index contributed by atoms with van der Waals surface area (Å²) in [5, 5.41) is 3.59. The van der Waals surface area contributed by atoms with Crippen LogP contribution in [0.25, 0.3) is 10.2 Å². The maximum absolute atomic E-state index is 12.4. The third kappa shape index (κ3) is 3.61. The number of piperidine rings is 1. The second-order valence-corrected chi connectivity index (χ2v) is 7.22. The lowest BCUT2D eigenvalue weighted by molar-refractivity contribution is 0.0944. The molecule has 1 fully saturated rings. The quantitative estimate of drug-likeness (QED) is 0.781. The fourth-order valence-electron chi connectivity index (χ4n) is 3.10. The molecule has 0 atom stereocenters. The number of rotatable bonds is 4. The van der Waals surface area contributed by atoms with Gasteiger partial charge in [0, 0.05) is 32.0 Å². The number of thiazole rings is 1. The minimum Gasteiger partial charge on any atom is -0.355 e. The minimum atomic E-state index is -0.0717. The molecule has 1 N–H and O–H groups in total. The number of benzene rings is 1. The van der Waals surface area contributed by atoms with Gasteiger partial charge in [-0.1, -0.05) is 12.1 Å². The lowest BCUT2D eigenvalue weighted by Crippen LogP contribution is -2.39. The van der Waals surface area contributed by atoms with E-state index < -0.39 is 0 Å². The zero-order valence-electron chi connectivity index (χ0n) is 13.8. The third-order valence-electron chi connectivity index (χ3n) is 4.53. The minimum absolute atomic E-state index is 0.0717. The van der Waals surface area contributed by atoms with Crippen molar-refractivity contribution < 1.29 is 4.79 Å². The Morgan fingerprint density at radius 1 is 1.24 bits per heavy atom. The highest BCUT2D eigenvalue weighted by molar-refractivity contribution is 7.20. The maximum Gasteiger partial charge on any atom is 0.280 e. The molecule has 1 aromatic carbocycles. The van der Waals surface area contributed by atoms with E-state index in [0.29, 0.717) is 17.5 Å². The number of nitrogens with zero attached hydrogens (tertiary/aromatic N) is 4. The number of hydrogen-bond donors (Lipinski definition) is 1.